The minimum Gasteiger partial charge on any atom is -0.350 e. The number of halogens is 2. The molecule has 1 aliphatic rings. The van der Waals surface area contributed by atoms with Gasteiger partial charge >= 0.3 is 0 Å². The Labute approximate surface area is 149 Å². The molecule has 2 heterocycles. The molecule has 0 saturated carbocycles. The number of nitrogens with zero attached hydrogens (tertiary/aromatic N) is 2. The van der Waals surface area contributed by atoms with Gasteiger partial charge in [-0.2, -0.15) is 0 Å². The first kappa shape index (κ1) is 16.9. The van der Waals surface area contributed by atoms with E-state index in [1.807, 2.05) is 12.1 Å². The number of hydrogen-bond acceptors (Lipinski definition) is 1. The molecule has 23 heavy (non-hydrogen) atoms. The molecule has 1 aromatic carbocycles. The van der Waals surface area contributed by atoms with E-state index in [9.17, 15) is 0 Å². The Morgan fingerprint density at radius 3 is 2.70 bits per heavy atom. The minimum atomic E-state index is 0.251. The standard InChI is InChI=1S/C19H24Cl2N2/c1-14(2)8-12-23-11-4-10-22-9-3-5-18(22)19(23)15-6-7-16(20)17(21)13-15/h3,5-7,9,13-14,19H,4,8,10-12H2,1-2H3. The first-order valence-corrected chi connectivity index (χ1v) is 9.16. The van der Waals surface area contributed by atoms with Crippen molar-refractivity contribution >= 4 is 23.2 Å². The van der Waals surface area contributed by atoms with Crippen LogP contribution in [0.3, 0.4) is 0 Å². The summed E-state index contributed by atoms with van der Waals surface area (Å²) in [4.78, 5) is 2.60. The lowest BCUT2D eigenvalue weighted by Gasteiger charge is -2.31. The third-order valence-corrected chi connectivity index (χ3v) is 5.35. The van der Waals surface area contributed by atoms with E-state index in [2.05, 4.69) is 47.7 Å². The predicted molar refractivity (Wildman–Crippen MR) is 98.4 cm³/mol. The first-order valence-electron chi connectivity index (χ1n) is 8.40. The van der Waals surface area contributed by atoms with Crippen LogP contribution in [0.2, 0.25) is 10.0 Å². The largest absolute Gasteiger partial charge is 0.350 e. The summed E-state index contributed by atoms with van der Waals surface area (Å²) >= 11 is 12.4. The number of hydrogen-bond donors (Lipinski definition) is 0. The highest BCUT2D eigenvalue weighted by atomic mass is 35.5. The smallest absolute Gasteiger partial charge is 0.0756 e. The summed E-state index contributed by atoms with van der Waals surface area (Å²) in [6.07, 6.45) is 4.57. The van der Waals surface area contributed by atoms with Crippen molar-refractivity contribution in [2.75, 3.05) is 13.1 Å². The second-order valence-corrected chi connectivity index (χ2v) is 7.59. The molecule has 2 nitrogen and oxygen atoms in total. The molecule has 4 heteroatoms. The first-order chi connectivity index (χ1) is 11.1. The summed E-state index contributed by atoms with van der Waals surface area (Å²) in [5, 5.41) is 1.25. The molecule has 3 rings (SSSR count). The zero-order chi connectivity index (χ0) is 16.4. The van der Waals surface area contributed by atoms with E-state index in [0.717, 1.165) is 19.6 Å². The molecule has 0 amide bonds. The Morgan fingerprint density at radius 1 is 1.13 bits per heavy atom. The molecular weight excluding hydrogens is 327 g/mol. The van der Waals surface area contributed by atoms with Crippen LogP contribution in [-0.4, -0.2) is 22.6 Å². The summed E-state index contributed by atoms with van der Waals surface area (Å²) in [6, 6.07) is 10.7. The van der Waals surface area contributed by atoms with E-state index < -0.39 is 0 Å². The van der Waals surface area contributed by atoms with Crippen molar-refractivity contribution in [1.29, 1.82) is 0 Å². The minimum absolute atomic E-state index is 0.251. The van der Waals surface area contributed by atoms with Gasteiger partial charge in [0.2, 0.25) is 0 Å². The number of fused-ring (bicyclic) bond motifs is 1. The zero-order valence-corrected chi connectivity index (χ0v) is 15.3. The summed E-state index contributed by atoms with van der Waals surface area (Å²) in [5.41, 5.74) is 2.58. The molecule has 0 bridgehead atoms. The van der Waals surface area contributed by atoms with Crippen LogP contribution in [0.1, 0.15) is 44.0 Å². The summed E-state index contributed by atoms with van der Waals surface area (Å²) < 4.78 is 2.38. The molecule has 1 atom stereocenters. The average molecular weight is 351 g/mol. The predicted octanol–water partition coefficient (Wildman–Crippen LogP) is 5.64. The van der Waals surface area contributed by atoms with Gasteiger partial charge in [-0.15, -0.1) is 0 Å². The molecular formula is C19H24Cl2N2. The summed E-state index contributed by atoms with van der Waals surface area (Å²) in [7, 11) is 0. The van der Waals surface area contributed by atoms with Crippen LogP contribution in [0.5, 0.6) is 0 Å². The molecule has 1 unspecified atom stereocenters. The molecule has 0 N–H and O–H groups in total. The van der Waals surface area contributed by atoms with Crippen molar-refractivity contribution in [2.45, 2.75) is 39.3 Å². The Hall–Kier alpha value is -0.960. The van der Waals surface area contributed by atoms with E-state index in [-0.39, 0.29) is 6.04 Å². The van der Waals surface area contributed by atoms with Crippen molar-refractivity contribution in [3.63, 3.8) is 0 Å². The lowest BCUT2D eigenvalue weighted by molar-refractivity contribution is 0.216. The third-order valence-electron chi connectivity index (χ3n) is 4.61. The quantitative estimate of drug-likeness (QED) is 0.692. The van der Waals surface area contributed by atoms with Crippen molar-refractivity contribution in [2.24, 2.45) is 5.92 Å². The van der Waals surface area contributed by atoms with E-state index >= 15 is 0 Å². The van der Waals surface area contributed by atoms with Crippen LogP contribution >= 0.6 is 23.2 Å². The molecule has 0 radical (unpaired) electrons. The fourth-order valence-electron chi connectivity index (χ4n) is 3.37. The van der Waals surface area contributed by atoms with Gasteiger partial charge in [-0.05, 0) is 55.1 Å². The lowest BCUT2D eigenvalue weighted by Crippen LogP contribution is -2.31. The lowest BCUT2D eigenvalue weighted by atomic mass is 10.0. The zero-order valence-electron chi connectivity index (χ0n) is 13.8. The fourth-order valence-corrected chi connectivity index (χ4v) is 3.67. The van der Waals surface area contributed by atoms with Gasteiger partial charge in [-0.25, -0.2) is 0 Å². The summed E-state index contributed by atoms with van der Waals surface area (Å²) in [5.74, 6) is 0.708. The molecule has 2 aromatic rings. The van der Waals surface area contributed by atoms with Gasteiger partial charge in [0.15, 0.2) is 0 Å². The van der Waals surface area contributed by atoms with Gasteiger partial charge in [0.1, 0.15) is 0 Å². The SMILES string of the molecule is CC(C)CCN1CCCn2cccc2C1c1ccc(Cl)c(Cl)c1. The maximum Gasteiger partial charge on any atom is 0.0756 e. The Bertz CT molecular complexity index is 663. The van der Waals surface area contributed by atoms with Gasteiger partial charge in [0.05, 0.1) is 16.1 Å². The van der Waals surface area contributed by atoms with E-state index in [1.54, 1.807) is 0 Å². The number of aryl methyl sites for hydroxylation is 1. The summed E-state index contributed by atoms with van der Waals surface area (Å²) in [6.45, 7) is 7.87. The molecule has 0 spiro atoms. The van der Waals surface area contributed by atoms with Crippen LogP contribution in [-0.2, 0) is 6.54 Å². The van der Waals surface area contributed by atoms with Crippen LogP contribution in [0, 0.1) is 5.92 Å². The highest BCUT2D eigenvalue weighted by Crippen LogP contribution is 2.35. The van der Waals surface area contributed by atoms with Gasteiger partial charge < -0.3 is 4.57 Å². The second-order valence-electron chi connectivity index (χ2n) is 6.77. The molecule has 0 saturated heterocycles. The van der Waals surface area contributed by atoms with Crippen LogP contribution in [0.15, 0.2) is 36.5 Å². The molecule has 0 aliphatic carbocycles. The normalized spacial score (nSPS) is 18.9. The van der Waals surface area contributed by atoms with Gasteiger partial charge in [-0.1, -0.05) is 43.1 Å². The van der Waals surface area contributed by atoms with E-state index in [4.69, 9.17) is 23.2 Å². The van der Waals surface area contributed by atoms with Crippen LogP contribution < -0.4 is 0 Å². The number of rotatable bonds is 4. The molecule has 1 aliphatic heterocycles. The van der Waals surface area contributed by atoms with Gasteiger partial charge in [0, 0.05) is 25.0 Å². The van der Waals surface area contributed by atoms with Crippen molar-refractivity contribution < 1.29 is 0 Å². The van der Waals surface area contributed by atoms with Gasteiger partial charge in [0.25, 0.3) is 0 Å². The third kappa shape index (κ3) is 3.76. The Morgan fingerprint density at radius 2 is 1.96 bits per heavy atom. The van der Waals surface area contributed by atoms with E-state index in [0.29, 0.717) is 16.0 Å². The Kier molecular flexibility index (Phi) is 5.35. The second kappa shape index (κ2) is 7.29. The maximum atomic E-state index is 6.29. The molecule has 1 aromatic heterocycles. The van der Waals surface area contributed by atoms with Crippen molar-refractivity contribution in [1.82, 2.24) is 9.47 Å². The monoisotopic (exact) mass is 350 g/mol. The van der Waals surface area contributed by atoms with Crippen LogP contribution in [0.4, 0.5) is 0 Å². The highest BCUT2D eigenvalue weighted by molar-refractivity contribution is 6.42. The molecule has 124 valence electrons. The highest BCUT2D eigenvalue weighted by Gasteiger charge is 2.27. The Balaban J connectivity index is 1.99. The topological polar surface area (TPSA) is 8.17 Å². The van der Waals surface area contributed by atoms with E-state index in [1.165, 1.54) is 24.1 Å². The molecule has 0 fully saturated rings. The van der Waals surface area contributed by atoms with Crippen molar-refractivity contribution in [3.8, 4) is 0 Å². The number of benzene rings is 1. The van der Waals surface area contributed by atoms with Crippen molar-refractivity contribution in [3.05, 3.63) is 57.8 Å². The average Bonchev–Trinajstić information content (AvgIpc) is 2.89. The van der Waals surface area contributed by atoms with Crippen LogP contribution in [0.25, 0.3) is 0 Å². The van der Waals surface area contributed by atoms with Gasteiger partial charge in [-0.3, -0.25) is 4.90 Å². The number of aromatic nitrogens is 1. The maximum absolute atomic E-state index is 6.29. The fraction of sp³-hybridized carbons (Fsp3) is 0.474.